The van der Waals surface area contributed by atoms with Crippen molar-refractivity contribution >= 4 is 28.4 Å². The number of hydrogen-bond acceptors (Lipinski definition) is 3. The molecule has 2 aromatic rings. The average molecular weight is 340 g/mol. The van der Waals surface area contributed by atoms with E-state index in [4.69, 9.17) is 5.73 Å². The zero-order valence-electron chi connectivity index (χ0n) is 9.44. The summed E-state index contributed by atoms with van der Waals surface area (Å²) in [5.74, 6) is 0.789. The Balaban J connectivity index is 2.65. The van der Waals surface area contributed by atoms with Gasteiger partial charge in [0.25, 0.3) is 0 Å². The van der Waals surface area contributed by atoms with Crippen molar-refractivity contribution in [1.29, 1.82) is 0 Å². The van der Waals surface area contributed by atoms with E-state index < -0.39 is 0 Å². The standard InChI is InChI=1S/C13H13IN2O/c1-2-10-11(14)7-16-13(15)12(10)8-3-5-9(17)6-4-8/h3-7,17H,2H2,1H3,(H2,15,16). The molecule has 0 radical (unpaired) electrons. The number of phenolic OH excluding ortho intramolecular Hbond substituents is 1. The number of anilines is 1. The first-order valence-corrected chi connectivity index (χ1v) is 6.43. The molecule has 1 aromatic carbocycles. The highest BCUT2D eigenvalue weighted by atomic mass is 127. The van der Waals surface area contributed by atoms with Gasteiger partial charge in [0.2, 0.25) is 0 Å². The molecule has 1 aromatic heterocycles. The third-order valence-corrected chi connectivity index (χ3v) is 3.60. The van der Waals surface area contributed by atoms with Crippen LogP contribution in [0.15, 0.2) is 30.5 Å². The van der Waals surface area contributed by atoms with Crippen LogP contribution < -0.4 is 5.73 Å². The summed E-state index contributed by atoms with van der Waals surface area (Å²) in [5, 5.41) is 9.31. The molecule has 0 saturated heterocycles. The Labute approximate surface area is 114 Å². The molecule has 0 spiro atoms. The van der Waals surface area contributed by atoms with Gasteiger partial charge in [0.15, 0.2) is 0 Å². The molecule has 4 heteroatoms. The molecule has 17 heavy (non-hydrogen) atoms. The number of rotatable bonds is 2. The van der Waals surface area contributed by atoms with Crippen LogP contribution in [0.2, 0.25) is 0 Å². The molecule has 3 nitrogen and oxygen atoms in total. The maximum absolute atomic E-state index is 9.31. The third kappa shape index (κ3) is 2.36. The van der Waals surface area contributed by atoms with Gasteiger partial charge in [-0.05, 0) is 52.3 Å². The Kier molecular flexibility index (Phi) is 3.51. The van der Waals surface area contributed by atoms with E-state index in [0.29, 0.717) is 5.82 Å². The fourth-order valence-electron chi connectivity index (χ4n) is 1.84. The zero-order chi connectivity index (χ0) is 12.4. The maximum Gasteiger partial charge on any atom is 0.131 e. The Morgan fingerprint density at radius 1 is 1.29 bits per heavy atom. The van der Waals surface area contributed by atoms with Crippen LogP contribution >= 0.6 is 22.6 Å². The first kappa shape index (κ1) is 12.2. The van der Waals surface area contributed by atoms with Gasteiger partial charge in [-0.2, -0.15) is 0 Å². The average Bonchev–Trinajstić information content (AvgIpc) is 2.33. The molecule has 0 fully saturated rings. The van der Waals surface area contributed by atoms with E-state index in [9.17, 15) is 5.11 Å². The SMILES string of the molecule is CCc1c(I)cnc(N)c1-c1ccc(O)cc1. The summed E-state index contributed by atoms with van der Waals surface area (Å²) in [6, 6.07) is 7.04. The number of hydrogen-bond donors (Lipinski definition) is 2. The third-order valence-electron chi connectivity index (χ3n) is 2.67. The van der Waals surface area contributed by atoms with Gasteiger partial charge in [-0.15, -0.1) is 0 Å². The van der Waals surface area contributed by atoms with E-state index in [-0.39, 0.29) is 5.75 Å². The topological polar surface area (TPSA) is 59.1 Å². The number of aromatic nitrogens is 1. The number of nitrogen functional groups attached to an aromatic ring is 1. The monoisotopic (exact) mass is 340 g/mol. The van der Waals surface area contributed by atoms with Crippen molar-refractivity contribution in [1.82, 2.24) is 4.98 Å². The highest BCUT2D eigenvalue weighted by Crippen LogP contribution is 2.32. The lowest BCUT2D eigenvalue weighted by Crippen LogP contribution is -2.01. The summed E-state index contributed by atoms with van der Waals surface area (Å²) in [7, 11) is 0. The second-order valence-corrected chi connectivity index (χ2v) is 4.91. The molecule has 0 unspecified atom stereocenters. The molecule has 0 aliphatic heterocycles. The zero-order valence-corrected chi connectivity index (χ0v) is 11.6. The Hall–Kier alpha value is -1.30. The van der Waals surface area contributed by atoms with Gasteiger partial charge in [0.05, 0.1) is 0 Å². The van der Waals surface area contributed by atoms with Crippen molar-refractivity contribution in [3.63, 3.8) is 0 Å². The van der Waals surface area contributed by atoms with Gasteiger partial charge in [0.1, 0.15) is 11.6 Å². The molecule has 2 rings (SSSR count). The van der Waals surface area contributed by atoms with Gasteiger partial charge in [-0.25, -0.2) is 4.98 Å². The predicted octanol–water partition coefficient (Wildman–Crippen LogP) is 3.20. The lowest BCUT2D eigenvalue weighted by Gasteiger charge is -2.12. The molecule has 0 bridgehead atoms. The van der Waals surface area contributed by atoms with Crippen molar-refractivity contribution in [3.05, 3.63) is 39.6 Å². The fraction of sp³-hybridized carbons (Fsp3) is 0.154. The summed E-state index contributed by atoms with van der Waals surface area (Å²) in [6.07, 6.45) is 2.69. The lowest BCUT2D eigenvalue weighted by atomic mass is 9.99. The summed E-state index contributed by atoms with van der Waals surface area (Å²) < 4.78 is 1.11. The molecule has 0 atom stereocenters. The van der Waals surface area contributed by atoms with Gasteiger partial charge >= 0.3 is 0 Å². The molecule has 1 heterocycles. The normalized spacial score (nSPS) is 10.5. The fourth-order valence-corrected chi connectivity index (χ4v) is 2.63. The Morgan fingerprint density at radius 3 is 2.53 bits per heavy atom. The Morgan fingerprint density at radius 2 is 1.94 bits per heavy atom. The molecule has 0 saturated carbocycles. The summed E-state index contributed by atoms with van der Waals surface area (Å²) in [4.78, 5) is 4.19. The Bertz CT molecular complexity index is 538. The largest absolute Gasteiger partial charge is 0.508 e. The van der Waals surface area contributed by atoms with E-state index in [1.807, 2.05) is 12.1 Å². The summed E-state index contributed by atoms with van der Waals surface area (Å²) in [6.45, 7) is 2.10. The van der Waals surface area contributed by atoms with Crippen molar-refractivity contribution in [3.8, 4) is 16.9 Å². The molecule has 3 N–H and O–H groups in total. The molecule has 0 amide bonds. The van der Waals surface area contributed by atoms with Crippen LogP contribution in [0.5, 0.6) is 5.75 Å². The second kappa shape index (κ2) is 4.91. The van der Waals surface area contributed by atoms with E-state index in [1.165, 1.54) is 5.56 Å². The molecule has 0 aliphatic carbocycles. The number of pyridine rings is 1. The first-order valence-electron chi connectivity index (χ1n) is 5.35. The van der Waals surface area contributed by atoms with Crippen molar-refractivity contribution in [2.75, 3.05) is 5.73 Å². The van der Waals surface area contributed by atoms with Crippen molar-refractivity contribution in [2.24, 2.45) is 0 Å². The molecule has 0 aliphatic rings. The lowest BCUT2D eigenvalue weighted by molar-refractivity contribution is 0.475. The maximum atomic E-state index is 9.31. The first-order chi connectivity index (χ1) is 8.13. The van der Waals surface area contributed by atoms with Crippen molar-refractivity contribution < 1.29 is 5.11 Å². The number of nitrogens with zero attached hydrogens (tertiary/aromatic N) is 1. The molecular weight excluding hydrogens is 327 g/mol. The van der Waals surface area contributed by atoms with E-state index in [0.717, 1.165) is 21.1 Å². The van der Waals surface area contributed by atoms with Crippen LogP contribution in [0.3, 0.4) is 0 Å². The number of nitrogens with two attached hydrogens (primary N) is 1. The van der Waals surface area contributed by atoms with Crippen LogP contribution in [0.1, 0.15) is 12.5 Å². The highest BCUT2D eigenvalue weighted by Gasteiger charge is 2.12. The van der Waals surface area contributed by atoms with Crippen LogP contribution in [0, 0.1) is 3.57 Å². The number of halogens is 1. The molecule has 88 valence electrons. The number of benzene rings is 1. The smallest absolute Gasteiger partial charge is 0.131 e. The van der Waals surface area contributed by atoms with Crippen LogP contribution in [0.25, 0.3) is 11.1 Å². The molecular formula is C13H13IN2O. The second-order valence-electron chi connectivity index (χ2n) is 3.75. The number of aromatic hydroxyl groups is 1. The van der Waals surface area contributed by atoms with E-state index in [1.54, 1.807) is 18.3 Å². The highest BCUT2D eigenvalue weighted by molar-refractivity contribution is 14.1. The number of phenols is 1. The van der Waals surface area contributed by atoms with E-state index >= 15 is 0 Å². The van der Waals surface area contributed by atoms with E-state index in [2.05, 4.69) is 34.5 Å². The summed E-state index contributed by atoms with van der Waals surface area (Å²) >= 11 is 2.27. The van der Waals surface area contributed by atoms with Crippen LogP contribution in [-0.4, -0.2) is 10.1 Å². The minimum absolute atomic E-state index is 0.254. The van der Waals surface area contributed by atoms with Gasteiger partial charge in [0, 0.05) is 15.3 Å². The minimum Gasteiger partial charge on any atom is -0.508 e. The van der Waals surface area contributed by atoms with Crippen molar-refractivity contribution in [2.45, 2.75) is 13.3 Å². The van der Waals surface area contributed by atoms with Gasteiger partial charge in [-0.3, -0.25) is 0 Å². The van der Waals surface area contributed by atoms with Gasteiger partial charge < -0.3 is 10.8 Å². The van der Waals surface area contributed by atoms with Gasteiger partial charge in [-0.1, -0.05) is 19.1 Å². The minimum atomic E-state index is 0.254. The van der Waals surface area contributed by atoms with Crippen LogP contribution in [0.4, 0.5) is 5.82 Å². The summed E-state index contributed by atoms with van der Waals surface area (Å²) in [5.41, 5.74) is 9.12. The van der Waals surface area contributed by atoms with Crippen LogP contribution in [-0.2, 0) is 6.42 Å². The quantitative estimate of drug-likeness (QED) is 0.826. The predicted molar refractivity (Wildman–Crippen MR) is 77.8 cm³/mol.